The summed E-state index contributed by atoms with van der Waals surface area (Å²) in [6, 6.07) is 9.12. The standard InChI is InChI=1S/C17H26N2/c1-4-18-10-17(11-18)12-19(13-17)9-15-6-5-7-16(8-15)14(2)3/h5-8,14H,4,9-13H2,1-3H3. The molecule has 1 spiro atoms. The molecule has 0 amide bonds. The lowest BCUT2D eigenvalue weighted by Gasteiger charge is -2.60. The van der Waals surface area contributed by atoms with Crippen molar-refractivity contribution in [3.63, 3.8) is 0 Å². The Morgan fingerprint density at radius 3 is 2.42 bits per heavy atom. The van der Waals surface area contributed by atoms with Gasteiger partial charge >= 0.3 is 0 Å². The summed E-state index contributed by atoms with van der Waals surface area (Å²) in [6.45, 7) is 14.4. The van der Waals surface area contributed by atoms with Gasteiger partial charge in [-0.15, -0.1) is 0 Å². The Balaban J connectivity index is 1.53. The Labute approximate surface area is 117 Å². The Bertz CT molecular complexity index is 438. The molecule has 2 nitrogen and oxygen atoms in total. The van der Waals surface area contributed by atoms with Crippen LogP contribution in [0.4, 0.5) is 0 Å². The van der Waals surface area contributed by atoms with E-state index >= 15 is 0 Å². The second kappa shape index (κ2) is 4.92. The largest absolute Gasteiger partial charge is 0.302 e. The minimum atomic E-state index is 0.632. The second-order valence-corrected chi connectivity index (χ2v) is 6.85. The van der Waals surface area contributed by atoms with E-state index < -0.39 is 0 Å². The first-order valence-electron chi connectivity index (χ1n) is 7.64. The van der Waals surface area contributed by atoms with Crippen LogP contribution in [0.5, 0.6) is 0 Å². The molecule has 0 saturated carbocycles. The van der Waals surface area contributed by atoms with E-state index in [0.717, 1.165) is 6.54 Å². The number of hydrogen-bond donors (Lipinski definition) is 0. The summed E-state index contributed by atoms with van der Waals surface area (Å²) in [5.41, 5.74) is 3.60. The molecule has 19 heavy (non-hydrogen) atoms. The van der Waals surface area contributed by atoms with Gasteiger partial charge < -0.3 is 4.90 Å². The molecule has 0 radical (unpaired) electrons. The average molecular weight is 258 g/mol. The van der Waals surface area contributed by atoms with Gasteiger partial charge in [-0.1, -0.05) is 45.0 Å². The maximum atomic E-state index is 2.60. The minimum Gasteiger partial charge on any atom is -0.302 e. The van der Waals surface area contributed by atoms with E-state index in [1.807, 2.05) is 0 Å². The molecular weight excluding hydrogens is 232 g/mol. The van der Waals surface area contributed by atoms with Crippen LogP contribution in [-0.2, 0) is 6.54 Å². The molecule has 0 aliphatic carbocycles. The highest BCUT2D eigenvalue weighted by atomic mass is 15.3. The number of benzene rings is 1. The van der Waals surface area contributed by atoms with Gasteiger partial charge in [-0.3, -0.25) is 4.90 Å². The van der Waals surface area contributed by atoms with Crippen molar-refractivity contribution in [2.24, 2.45) is 5.41 Å². The Morgan fingerprint density at radius 2 is 1.79 bits per heavy atom. The van der Waals surface area contributed by atoms with E-state index in [1.165, 1.54) is 43.9 Å². The van der Waals surface area contributed by atoms with Gasteiger partial charge in [0.1, 0.15) is 0 Å². The Morgan fingerprint density at radius 1 is 1.11 bits per heavy atom. The van der Waals surface area contributed by atoms with Crippen LogP contribution in [0.25, 0.3) is 0 Å². The van der Waals surface area contributed by atoms with Crippen molar-refractivity contribution >= 4 is 0 Å². The van der Waals surface area contributed by atoms with E-state index in [9.17, 15) is 0 Å². The van der Waals surface area contributed by atoms with Crippen molar-refractivity contribution in [3.8, 4) is 0 Å². The molecular formula is C17H26N2. The van der Waals surface area contributed by atoms with E-state index in [1.54, 1.807) is 0 Å². The first kappa shape index (κ1) is 13.1. The zero-order valence-electron chi connectivity index (χ0n) is 12.5. The molecule has 2 aliphatic rings. The van der Waals surface area contributed by atoms with E-state index in [2.05, 4.69) is 54.8 Å². The van der Waals surface area contributed by atoms with Gasteiger partial charge in [-0.25, -0.2) is 0 Å². The predicted molar refractivity (Wildman–Crippen MR) is 80.4 cm³/mol. The molecule has 0 N–H and O–H groups in total. The van der Waals surface area contributed by atoms with Crippen LogP contribution >= 0.6 is 0 Å². The number of likely N-dealkylation sites (tertiary alicyclic amines) is 2. The molecule has 3 rings (SSSR count). The van der Waals surface area contributed by atoms with Crippen LogP contribution in [0.15, 0.2) is 24.3 Å². The molecule has 2 heterocycles. The summed E-state index contributed by atoms with van der Waals surface area (Å²) in [4.78, 5) is 5.16. The first-order chi connectivity index (χ1) is 9.10. The maximum absolute atomic E-state index is 2.60. The van der Waals surface area contributed by atoms with Crippen LogP contribution in [0.1, 0.15) is 37.8 Å². The van der Waals surface area contributed by atoms with E-state index in [4.69, 9.17) is 0 Å². The molecule has 1 aromatic carbocycles. The summed E-state index contributed by atoms with van der Waals surface area (Å²) in [7, 11) is 0. The van der Waals surface area contributed by atoms with Gasteiger partial charge in [0.15, 0.2) is 0 Å². The lowest BCUT2D eigenvalue weighted by molar-refractivity contribution is -0.116. The van der Waals surface area contributed by atoms with Crippen molar-refractivity contribution in [2.45, 2.75) is 33.2 Å². The summed E-state index contributed by atoms with van der Waals surface area (Å²) < 4.78 is 0. The quantitative estimate of drug-likeness (QED) is 0.819. The van der Waals surface area contributed by atoms with Crippen LogP contribution in [0, 0.1) is 5.41 Å². The van der Waals surface area contributed by atoms with E-state index in [0.29, 0.717) is 11.3 Å². The smallest absolute Gasteiger partial charge is 0.0234 e. The topological polar surface area (TPSA) is 6.48 Å². The fraction of sp³-hybridized carbons (Fsp3) is 0.647. The molecule has 0 atom stereocenters. The molecule has 2 aliphatic heterocycles. The van der Waals surface area contributed by atoms with Crippen LogP contribution in [-0.4, -0.2) is 42.5 Å². The molecule has 2 fully saturated rings. The number of rotatable bonds is 4. The highest BCUT2D eigenvalue weighted by Crippen LogP contribution is 2.39. The summed E-state index contributed by atoms with van der Waals surface area (Å²) >= 11 is 0. The predicted octanol–water partition coefficient (Wildman–Crippen LogP) is 2.95. The van der Waals surface area contributed by atoms with Gasteiger partial charge in [0.05, 0.1) is 0 Å². The second-order valence-electron chi connectivity index (χ2n) is 6.85. The van der Waals surface area contributed by atoms with E-state index in [-0.39, 0.29) is 0 Å². The lowest BCUT2D eigenvalue weighted by Crippen LogP contribution is -2.71. The molecule has 2 heteroatoms. The maximum Gasteiger partial charge on any atom is 0.0234 e. The third-order valence-electron chi connectivity index (χ3n) is 4.71. The Hall–Kier alpha value is -0.860. The van der Waals surface area contributed by atoms with Crippen molar-refractivity contribution in [1.82, 2.24) is 9.80 Å². The fourth-order valence-electron chi connectivity index (χ4n) is 3.65. The Kier molecular flexibility index (Phi) is 3.40. The molecule has 104 valence electrons. The minimum absolute atomic E-state index is 0.632. The van der Waals surface area contributed by atoms with Crippen LogP contribution < -0.4 is 0 Å². The molecule has 2 saturated heterocycles. The summed E-state index contributed by atoms with van der Waals surface area (Å²) in [5, 5.41) is 0. The molecule has 1 aromatic rings. The molecule has 0 bridgehead atoms. The van der Waals surface area contributed by atoms with Crippen LogP contribution in [0.3, 0.4) is 0 Å². The number of hydrogen-bond acceptors (Lipinski definition) is 2. The molecule has 0 unspecified atom stereocenters. The third kappa shape index (κ3) is 2.56. The normalized spacial score (nSPS) is 22.5. The van der Waals surface area contributed by atoms with Gasteiger partial charge in [-0.05, 0) is 23.6 Å². The van der Waals surface area contributed by atoms with Gasteiger partial charge in [0.2, 0.25) is 0 Å². The van der Waals surface area contributed by atoms with Crippen molar-refractivity contribution < 1.29 is 0 Å². The number of nitrogens with zero attached hydrogens (tertiary/aromatic N) is 2. The first-order valence-corrected chi connectivity index (χ1v) is 7.64. The van der Waals surface area contributed by atoms with Gasteiger partial charge in [0, 0.05) is 38.1 Å². The van der Waals surface area contributed by atoms with Gasteiger partial charge in [-0.2, -0.15) is 0 Å². The van der Waals surface area contributed by atoms with Crippen molar-refractivity contribution in [2.75, 3.05) is 32.7 Å². The highest BCUT2D eigenvalue weighted by molar-refractivity contribution is 5.26. The SMILES string of the molecule is CCN1CC2(C1)CN(Cc1cccc(C(C)C)c1)C2. The lowest BCUT2D eigenvalue weighted by atomic mass is 9.72. The zero-order chi connectivity index (χ0) is 13.5. The summed E-state index contributed by atoms with van der Waals surface area (Å²) in [5.74, 6) is 0.632. The fourth-order valence-corrected chi connectivity index (χ4v) is 3.65. The average Bonchev–Trinajstić information content (AvgIpc) is 2.30. The van der Waals surface area contributed by atoms with Crippen LogP contribution in [0.2, 0.25) is 0 Å². The third-order valence-corrected chi connectivity index (χ3v) is 4.71. The summed E-state index contributed by atoms with van der Waals surface area (Å²) in [6.07, 6.45) is 0. The monoisotopic (exact) mass is 258 g/mol. The molecule has 0 aromatic heterocycles. The van der Waals surface area contributed by atoms with Gasteiger partial charge in [0.25, 0.3) is 0 Å². The van der Waals surface area contributed by atoms with Crippen molar-refractivity contribution in [1.29, 1.82) is 0 Å². The van der Waals surface area contributed by atoms with Crippen molar-refractivity contribution in [3.05, 3.63) is 35.4 Å². The zero-order valence-corrected chi connectivity index (χ0v) is 12.5. The highest BCUT2D eigenvalue weighted by Gasteiger charge is 2.50.